The lowest BCUT2D eigenvalue weighted by atomic mass is 10.2. The second-order valence-corrected chi connectivity index (χ2v) is 4.85. The molecule has 0 bridgehead atoms. The number of benzene rings is 1. The van der Waals surface area contributed by atoms with E-state index >= 15 is 0 Å². The second-order valence-electron chi connectivity index (χ2n) is 4.58. The van der Waals surface area contributed by atoms with Gasteiger partial charge in [0, 0.05) is 25.1 Å². The first-order chi connectivity index (χ1) is 9.69. The van der Waals surface area contributed by atoms with Crippen molar-refractivity contribution in [2.45, 2.75) is 12.8 Å². The molecule has 1 saturated heterocycles. The first-order valence-electron chi connectivity index (χ1n) is 6.32. The molecular formula is C13H14ClN3O3. The fraction of sp³-hybridized carbons (Fsp3) is 0.385. The molecule has 0 saturated carbocycles. The molecule has 20 heavy (non-hydrogen) atoms. The molecule has 2 heterocycles. The first kappa shape index (κ1) is 13.1. The minimum atomic E-state index is 0.0739. The van der Waals surface area contributed by atoms with Crippen molar-refractivity contribution >= 4 is 34.7 Å². The number of alkyl halides is 1. The third kappa shape index (κ3) is 2.27. The summed E-state index contributed by atoms with van der Waals surface area (Å²) in [7, 11) is 0. The summed E-state index contributed by atoms with van der Waals surface area (Å²) < 4.78 is 10.7. The molecule has 0 aromatic heterocycles. The largest absolute Gasteiger partial charge is 0.454 e. The Morgan fingerprint density at radius 3 is 2.80 bits per heavy atom. The van der Waals surface area contributed by atoms with Gasteiger partial charge in [0.1, 0.15) is 5.84 Å². The molecule has 1 amide bonds. The van der Waals surface area contributed by atoms with E-state index in [4.69, 9.17) is 26.8 Å². The minimum absolute atomic E-state index is 0.0739. The van der Waals surface area contributed by atoms with Gasteiger partial charge in [0.05, 0.1) is 17.3 Å². The standard InChI is InChI=1S/C13H14ClN3O3/c14-6-12(15)16-8-4-10-11(20-7-19-10)5-9(8)17-3-1-2-13(17)18/h4-5H,1-3,6-7H2,(H2,15,16). The number of carbonyl (C=O) groups excluding carboxylic acids is 1. The van der Waals surface area contributed by atoms with E-state index in [9.17, 15) is 4.79 Å². The monoisotopic (exact) mass is 295 g/mol. The third-order valence-corrected chi connectivity index (χ3v) is 3.51. The van der Waals surface area contributed by atoms with E-state index < -0.39 is 0 Å². The van der Waals surface area contributed by atoms with Gasteiger partial charge in [0.15, 0.2) is 11.5 Å². The van der Waals surface area contributed by atoms with Crippen LogP contribution in [0.1, 0.15) is 12.8 Å². The summed E-state index contributed by atoms with van der Waals surface area (Å²) in [6.07, 6.45) is 1.38. The van der Waals surface area contributed by atoms with E-state index in [0.29, 0.717) is 41.7 Å². The summed E-state index contributed by atoms with van der Waals surface area (Å²) in [5.74, 6) is 1.70. The highest BCUT2D eigenvalue weighted by Gasteiger charge is 2.27. The lowest BCUT2D eigenvalue weighted by molar-refractivity contribution is -0.117. The first-order valence-corrected chi connectivity index (χ1v) is 6.85. The smallest absolute Gasteiger partial charge is 0.231 e. The minimum Gasteiger partial charge on any atom is -0.454 e. The Bertz CT molecular complexity index is 588. The van der Waals surface area contributed by atoms with Crippen LogP contribution in [-0.4, -0.2) is 31.0 Å². The SMILES string of the molecule is NC(CCl)=Nc1cc2c(cc1N1CCCC1=O)OCO2. The number of ether oxygens (including phenoxy) is 2. The van der Waals surface area contributed by atoms with Crippen molar-refractivity contribution in [2.24, 2.45) is 10.7 Å². The van der Waals surface area contributed by atoms with Crippen molar-refractivity contribution in [2.75, 3.05) is 24.1 Å². The molecule has 0 atom stereocenters. The van der Waals surface area contributed by atoms with Gasteiger partial charge in [-0.1, -0.05) is 0 Å². The van der Waals surface area contributed by atoms with Crippen molar-refractivity contribution in [3.05, 3.63) is 12.1 Å². The molecule has 7 heteroatoms. The highest BCUT2D eigenvalue weighted by molar-refractivity contribution is 6.28. The Kier molecular flexibility index (Phi) is 3.40. The van der Waals surface area contributed by atoms with E-state index in [-0.39, 0.29) is 18.6 Å². The molecule has 1 aromatic rings. The topological polar surface area (TPSA) is 77.2 Å². The van der Waals surface area contributed by atoms with Crippen LogP contribution >= 0.6 is 11.6 Å². The summed E-state index contributed by atoms with van der Waals surface area (Å²) in [4.78, 5) is 17.9. The number of nitrogens with two attached hydrogens (primary N) is 1. The highest BCUT2D eigenvalue weighted by atomic mass is 35.5. The zero-order valence-corrected chi connectivity index (χ0v) is 11.5. The zero-order chi connectivity index (χ0) is 14.1. The molecule has 106 valence electrons. The fourth-order valence-electron chi connectivity index (χ4n) is 2.31. The second kappa shape index (κ2) is 5.20. The van der Waals surface area contributed by atoms with Crippen molar-refractivity contribution in [1.29, 1.82) is 0 Å². The summed E-state index contributed by atoms with van der Waals surface area (Å²) >= 11 is 5.67. The van der Waals surface area contributed by atoms with Gasteiger partial charge >= 0.3 is 0 Å². The molecule has 6 nitrogen and oxygen atoms in total. The number of rotatable bonds is 3. The van der Waals surface area contributed by atoms with Crippen LogP contribution in [-0.2, 0) is 4.79 Å². The Balaban J connectivity index is 2.08. The van der Waals surface area contributed by atoms with Crippen LogP contribution < -0.4 is 20.1 Å². The predicted molar refractivity (Wildman–Crippen MR) is 76.2 cm³/mol. The number of aliphatic imine (C=N–C) groups is 1. The van der Waals surface area contributed by atoms with Crippen LogP contribution in [0.4, 0.5) is 11.4 Å². The maximum Gasteiger partial charge on any atom is 0.231 e. The number of amides is 1. The van der Waals surface area contributed by atoms with Gasteiger partial charge in [0.25, 0.3) is 0 Å². The number of anilines is 1. The predicted octanol–water partition coefficient (Wildman–Crippen LogP) is 1.77. The molecule has 3 rings (SSSR count). The normalized spacial score (nSPS) is 17.9. The number of carbonyl (C=O) groups is 1. The summed E-state index contributed by atoms with van der Waals surface area (Å²) in [6.45, 7) is 0.836. The quantitative estimate of drug-likeness (QED) is 0.524. The molecule has 2 N–H and O–H groups in total. The lowest BCUT2D eigenvalue weighted by Gasteiger charge is -2.18. The fourth-order valence-corrected chi connectivity index (χ4v) is 2.37. The molecular weight excluding hydrogens is 282 g/mol. The maximum atomic E-state index is 11.9. The summed E-state index contributed by atoms with van der Waals surface area (Å²) in [6, 6.07) is 3.49. The molecule has 2 aliphatic heterocycles. The Labute approximate surface area is 121 Å². The molecule has 0 unspecified atom stereocenters. The van der Waals surface area contributed by atoms with Crippen LogP contribution in [0.2, 0.25) is 0 Å². The van der Waals surface area contributed by atoms with E-state index in [0.717, 1.165) is 6.42 Å². The van der Waals surface area contributed by atoms with Crippen molar-refractivity contribution in [1.82, 2.24) is 0 Å². The summed E-state index contributed by atoms with van der Waals surface area (Å²) in [5.41, 5.74) is 6.95. The lowest BCUT2D eigenvalue weighted by Crippen LogP contribution is -2.24. The average molecular weight is 296 g/mol. The van der Waals surface area contributed by atoms with Gasteiger partial charge in [-0.25, -0.2) is 4.99 Å². The van der Waals surface area contributed by atoms with Crippen molar-refractivity contribution in [3.8, 4) is 11.5 Å². The number of nitrogens with zero attached hydrogens (tertiary/aromatic N) is 2. The van der Waals surface area contributed by atoms with Gasteiger partial charge < -0.3 is 20.1 Å². The summed E-state index contributed by atoms with van der Waals surface area (Å²) in [5, 5.41) is 0. The number of hydrogen-bond acceptors (Lipinski definition) is 4. The molecule has 0 radical (unpaired) electrons. The van der Waals surface area contributed by atoms with Crippen molar-refractivity contribution in [3.63, 3.8) is 0 Å². The molecule has 0 spiro atoms. The molecule has 0 aliphatic carbocycles. The van der Waals surface area contributed by atoms with Gasteiger partial charge in [-0.15, -0.1) is 11.6 Å². The Morgan fingerprint density at radius 2 is 2.15 bits per heavy atom. The highest BCUT2D eigenvalue weighted by Crippen LogP contribution is 2.43. The van der Waals surface area contributed by atoms with Gasteiger partial charge in [-0.05, 0) is 6.42 Å². The van der Waals surface area contributed by atoms with Crippen LogP contribution in [0.5, 0.6) is 11.5 Å². The van der Waals surface area contributed by atoms with Crippen LogP contribution in [0, 0.1) is 0 Å². The van der Waals surface area contributed by atoms with Gasteiger partial charge in [0.2, 0.25) is 12.7 Å². The van der Waals surface area contributed by atoms with Gasteiger partial charge in [-0.2, -0.15) is 0 Å². The van der Waals surface area contributed by atoms with Crippen molar-refractivity contribution < 1.29 is 14.3 Å². The average Bonchev–Trinajstić information content (AvgIpc) is 3.05. The number of amidine groups is 1. The number of fused-ring (bicyclic) bond motifs is 1. The Morgan fingerprint density at radius 1 is 1.40 bits per heavy atom. The molecule has 1 aromatic carbocycles. The molecule has 2 aliphatic rings. The van der Waals surface area contributed by atoms with E-state index in [1.54, 1.807) is 17.0 Å². The van der Waals surface area contributed by atoms with Gasteiger partial charge in [-0.3, -0.25) is 4.79 Å². The van der Waals surface area contributed by atoms with Crippen LogP contribution in [0.15, 0.2) is 17.1 Å². The number of halogens is 1. The Hall–Kier alpha value is -1.95. The third-order valence-electron chi connectivity index (χ3n) is 3.23. The van der Waals surface area contributed by atoms with Crippen LogP contribution in [0.25, 0.3) is 0 Å². The number of hydrogen-bond donors (Lipinski definition) is 1. The molecule has 1 fully saturated rings. The zero-order valence-electron chi connectivity index (χ0n) is 10.8. The van der Waals surface area contributed by atoms with E-state index in [2.05, 4.69) is 4.99 Å². The van der Waals surface area contributed by atoms with E-state index in [1.807, 2.05) is 0 Å². The van der Waals surface area contributed by atoms with E-state index in [1.165, 1.54) is 0 Å². The maximum absolute atomic E-state index is 11.9. The van der Waals surface area contributed by atoms with Crippen LogP contribution in [0.3, 0.4) is 0 Å².